The Morgan fingerprint density at radius 1 is 0.961 bits per heavy atom. The average Bonchev–Trinajstić information content (AvgIpc) is 3.43. The summed E-state index contributed by atoms with van der Waals surface area (Å²) in [5, 5.41) is 11.5. The van der Waals surface area contributed by atoms with Crippen molar-refractivity contribution in [2.75, 3.05) is 44.8 Å². The molecule has 10 heteroatoms. The number of ether oxygens (including phenoxy) is 1. The van der Waals surface area contributed by atoms with Crippen molar-refractivity contribution in [3.8, 4) is 0 Å². The number of carbonyl (C=O) groups is 1. The highest BCUT2D eigenvalue weighted by atomic mass is 32.2. The molecular weight excluding hydrogens is 661 g/mol. The van der Waals surface area contributed by atoms with Crippen LogP contribution in [0.1, 0.15) is 120 Å². The van der Waals surface area contributed by atoms with Crippen molar-refractivity contribution in [3.63, 3.8) is 0 Å². The lowest BCUT2D eigenvalue weighted by molar-refractivity contribution is -0.218. The van der Waals surface area contributed by atoms with Gasteiger partial charge in [0.15, 0.2) is 9.84 Å². The van der Waals surface area contributed by atoms with Crippen LogP contribution in [0.5, 0.6) is 0 Å². The third-order valence-electron chi connectivity index (χ3n) is 16.6. The van der Waals surface area contributed by atoms with Gasteiger partial charge in [-0.2, -0.15) is 0 Å². The molecule has 9 atom stereocenters. The van der Waals surface area contributed by atoms with Crippen LogP contribution in [-0.2, 0) is 14.6 Å². The number of rotatable bonds is 7. The molecule has 51 heavy (non-hydrogen) atoms. The van der Waals surface area contributed by atoms with Crippen LogP contribution < -0.4 is 5.32 Å². The lowest BCUT2D eigenvalue weighted by atomic mass is 9.33. The Hall–Kier alpha value is -2.43. The molecule has 1 aromatic heterocycles. The Balaban J connectivity index is 1.06. The molecule has 2 N–H and O–H groups in total. The van der Waals surface area contributed by atoms with Crippen molar-refractivity contribution in [1.29, 1.82) is 0 Å². The van der Waals surface area contributed by atoms with Gasteiger partial charge >= 0.3 is 5.97 Å². The van der Waals surface area contributed by atoms with E-state index in [2.05, 4.69) is 73.4 Å². The molecule has 1 aliphatic heterocycles. The molecule has 8 rings (SSSR count). The van der Waals surface area contributed by atoms with Crippen LogP contribution >= 0.6 is 0 Å². The van der Waals surface area contributed by atoms with Crippen molar-refractivity contribution in [2.24, 2.45) is 45.3 Å². The fourth-order valence-electron chi connectivity index (χ4n) is 13.9. The molecule has 2 aromatic rings. The van der Waals surface area contributed by atoms with Gasteiger partial charge in [-0.25, -0.2) is 13.2 Å². The fourth-order valence-corrected chi connectivity index (χ4v) is 15.1. The number of nitrogens with zero attached hydrogens (tertiary/aromatic N) is 2. The molecule has 0 radical (unpaired) electrons. The summed E-state index contributed by atoms with van der Waals surface area (Å²) in [4.78, 5) is 14.5. The van der Waals surface area contributed by atoms with Crippen LogP contribution in [0.4, 0.5) is 0 Å². The average molecular weight is 721 g/mol. The molecule has 5 aliphatic carbocycles. The number of esters is 1. The first-order valence-corrected chi connectivity index (χ1v) is 21.6. The van der Waals surface area contributed by atoms with E-state index < -0.39 is 9.84 Å². The topological polar surface area (TPSA) is 118 Å². The Morgan fingerprint density at radius 2 is 1.69 bits per heavy atom. The van der Waals surface area contributed by atoms with Gasteiger partial charge in [0.1, 0.15) is 0 Å². The number of hydrogen-bond acceptors (Lipinski definition) is 8. The first kappa shape index (κ1) is 35.6. The van der Waals surface area contributed by atoms with Crippen LogP contribution in [0.3, 0.4) is 0 Å². The molecule has 1 saturated heterocycles. The number of aromatic nitrogens is 2. The maximum Gasteiger partial charge on any atom is 0.337 e. The summed E-state index contributed by atoms with van der Waals surface area (Å²) in [6.07, 6.45) is 13.3. The van der Waals surface area contributed by atoms with Gasteiger partial charge < -0.3 is 19.5 Å². The minimum absolute atomic E-state index is 0.0201. The number of methoxy groups -OCH3 is 1. The van der Waals surface area contributed by atoms with Gasteiger partial charge in [-0.1, -0.05) is 52.8 Å². The molecule has 4 saturated carbocycles. The highest BCUT2D eigenvalue weighted by Crippen LogP contribution is 2.77. The van der Waals surface area contributed by atoms with Crippen molar-refractivity contribution in [3.05, 3.63) is 47.4 Å². The number of carbonyl (C=O) groups excluding carboxylic acids is 1. The molecule has 280 valence electrons. The van der Waals surface area contributed by atoms with Gasteiger partial charge in [0.05, 0.1) is 24.2 Å². The Kier molecular flexibility index (Phi) is 8.59. The summed E-state index contributed by atoms with van der Waals surface area (Å²) in [6.45, 7) is 16.1. The molecule has 9 nitrogen and oxygen atoms in total. The monoisotopic (exact) mass is 720 g/mol. The molecule has 1 aromatic carbocycles. The maximum absolute atomic E-state index is 12.1. The number of allylic oxidation sites excluding steroid dienone is 2. The summed E-state index contributed by atoms with van der Waals surface area (Å²) < 4.78 is 34.9. The molecule has 0 amide bonds. The minimum atomic E-state index is -2.88. The quantitative estimate of drug-likeness (QED) is 0.291. The largest absolute Gasteiger partial charge is 0.465 e. The lowest BCUT2D eigenvalue weighted by Gasteiger charge is -2.72. The van der Waals surface area contributed by atoms with Crippen molar-refractivity contribution in [1.82, 2.24) is 20.6 Å². The van der Waals surface area contributed by atoms with E-state index in [1.54, 1.807) is 0 Å². The normalized spacial score (nSPS) is 41.5. The molecule has 0 bridgehead atoms. The van der Waals surface area contributed by atoms with Crippen molar-refractivity contribution >= 4 is 21.4 Å². The van der Waals surface area contributed by atoms with E-state index in [1.807, 2.05) is 12.1 Å². The third kappa shape index (κ3) is 5.37. The van der Waals surface area contributed by atoms with Crippen LogP contribution in [-0.4, -0.2) is 80.0 Å². The van der Waals surface area contributed by atoms with Crippen LogP contribution in [0.2, 0.25) is 0 Å². The highest BCUT2D eigenvalue weighted by Gasteiger charge is 2.71. The molecule has 0 spiro atoms. The zero-order valence-corrected chi connectivity index (χ0v) is 32.5. The van der Waals surface area contributed by atoms with Gasteiger partial charge in [0.25, 0.3) is 0 Å². The minimum Gasteiger partial charge on any atom is -0.465 e. The van der Waals surface area contributed by atoms with Gasteiger partial charge in [-0.05, 0) is 126 Å². The number of hydrogen-bond donors (Lipinski definition) is 2. The van der Waals surface area contributed by atoms with Gasteiger partial charge in [-0.3, -0.25) is 0 Å². The zero-order valence-electron chi connectivity index (χ0n) is 31.7. The number of benzene rings is 1. The summed E-state index contributed by atoms with van der Waals surface area (Å²) >= 11 is 0. The number of aromatic amines is 1. The molecule has 9 unspecified atom stereocenters. The number of fused-ring (bicyclic) bond motifs is 7. The van der Waals surface area contributed by atoms with Crippen LogP contribution in [0.15, 0.2) is 34.9 Å². The predicted molar refractivity (Wildman–Crippen MR) is 199 cm³/mol. The number of nitrogens with one attached hydrogen (secondary N) is 2. The first-order valence-electron chi connectivity index (χ1n) is 19.7. The van der Waals surface area contributed by atoms with E-state index in [4.69, 9.17) is 9.26 Å². The fraction of sp³-hybridized carbons (Fsp3) is 0.756. The summed E-state index contributed by atoms with van der Waals surface area (Å²) in [6, 6.07) is 8.06. The number of H-pyrrole nitrogens is 1. The van der Waals surface area contributed by atoms with E-state index in [1.165, 1.54) is 56.8 Å². The Bertz CT molecular complexity index is 1760. The second-order valence-corrected chi connectivity index (χ2v) is 21.0. The second kappa shape index (κ2) is 12.3. The highest BCUT2D eigenvalue weighted by molar-refractivity contribution is 7.91. The van der Waals surface area contributed by atoms with E-state index in [-0.39, 0.29) is 44.7 Å². The molecular formula is C41H60N4O5S. The summed E-state index contributed by atoms with van der Waals surface area (Å²) in [5.74, 6) is 3.82. The van der Waals surface area contributed by atoms with Gasteiger partial charge in [0, 0.05) is 37.6 Å². The summed E-state index contributed by atoms with van der Waals surface area (Å²) in [5.41, 5.74) is 4.01. The Morgan fingerprint density at radius 3 is 2.35 bits per heavy atom. The molecule has 5 fully saturated rings. The third-order valence-corrected chi connectivity index (χ3v) is 18.2. The van der Waals surface area contributed by atoms with E-state index in [0.29, 0.717) is 48.2 Å². The summed E-state index contributed by atoms with van der Waals surface area (Å²) in [7, 11) is -1.44. The van der Waals surface area contributed by atoms with E-state index >= 15 is 0 Å². The Labute approximate surface area is 305 Å². The zero-order chi connectivity index (χ0) is 36.0. The van der Waals surface area contributed by atoms with E-state index in [0.717, 1.165) is 38.2 Å². The molecule has 6 aliphatic rings. The van der Waals surface area contributed by atoms with Crippen LogP contribution in [0.25, 0.3) is 5.57 Å². The first-order chi connectivity index (χ1) is 24.2. The lowest BCUT2D eigenvalue weighted by Crippen LogP contribution is -2.68. The van der Waals surface area contributed by atoms with Crippen molar-refractivity contribution in [2.45, 2.75) is 104 Å². The van der Waals surface area contributed by atoms with Gasteiger partial charge in [-0.15, -0.1) is 10.4 Å². The van der Waals surface area contributed by atoms with Crippen molar-refractivity contribution < 1.29 is 22.5 Å². The van der Waals surface area contributed by atoms with Gasteiger partial charge in [0.2, 0.25) is 5.89 Å². The smallest absolute Gasteiger partial charge is 0.337 e. The van der Waals surface area contributed by atoms with Crippen LogP contribution in [0, 0.1) is 45.3 Å². The number of sulfone groups is 1. The van der Waals surface area contributed by atoms with E-state index in [9.17, 15) is 13.2 Å². The standard InChI is InChI=1S/C41H60N4O5S/c1-37(2)30(27-7-9-28(10-8-27)36(46)49-6)14-16-38(3)32(37)15-17-40(5)33(38)12-11-31-34-29(35-43-44-50-35)13-18-41(34,20-19-39(31,40)4)42-21-22-45-23-25-51(47,48)26-24-45/h7-10,14,29,31-34,42,44H,11-13,15-26H2,1-6H3. The molecule has 2 heterocycles. The SMILES string of the molecule is COC(=O)c1ccc(C2=CCC3(C)C(CCC4(C)C3CCC3C5C(c6n[nH]o6)CCC5(NCCN5CCS(=O)(=O)CC5)CCC34C)C2(C)C)cc1. The second-order valence-electron chi connectivity index (χ2n) is 18.7. The predicted octanol–water partition coefficient (Wildman–Crippen LogP) is 7.10. The maximum atomic E-state index is 12.1.